The average molecular weight is 445 g/mol. The summed E-state index contributed by atoms with van der Waals surface area (Å²) in [5.41, 5.74) is -1.02. The van der Waals surface area contributed by atoms with Gasteiger partial charge in [-0.25, -0.2) is 14.2 Å². The van der Waals surface area contributed by atoms with E-state index in [1.807, 2.05) is 0 Å². The molecule has 1 aromatic heterocycles. The Morgan fingerprint density at radius 1 is 1.33 bits per heavy atom. The molecule has 11 heteroatoms. The normalized spacial score (nSPS) is 18.0. The van der Waals surface area contributed by atoms with E-state index in [1.165, 1.54) is 30.0 Å². The standard InChI is InChI=1S/C19H17ClF4N4O2/c1-10-17(29)25-7-8-28(10)18(30)27-16(11-5-6-13(21)12(20)9-11)14-3-2-4-15(26-14)19(22,23)24/h2-6,9-10,16H,7-8H2,1H3,(H,25,29)(H,27,30)/t10-,16?/m1/s1. The van der Waals surface area contributed by atoms with Gasteiger partial charge in [-0.05, 0) is 36.8 Å². The molecule has 1 saturated heterocycles. The van der Waals surface area contributed by atoms with Gasteiger partial charge in [0.15, 0.2) is 0 Å². The largest absolute Gasteiger partial charge is 0.433 e. The third-order valence-corrected chi connectivity index (χ3v) is 4.95. The molecule has 0 bridgehead atoms. The van der Waals surface area contributed by atoms with E-state index in [0.29, 0.717) is 0 Å². The maximum atomic E-state index is 13.6. The number of urea groups is 1. The van der Waals surface area contributed by atoms with Crippen LogP contribution in [0.1, 0.15) is 29.9 Å². The van der Waals surface area contributed by atoms with Crippen molar-refractivity contribution in [2.24, 2.45) is 0 Å². The molecular formula is C19H17ClF4N4O2. The minimum atomic E-state index is -4.69. The molecule has 1 fully saturated rings. The number of nitrogens with one attached hydrogen (secondary N) is 2. The zero-order chi connectivity index (χ0) is 22.1. The number of alkyl halides is 3. The van der Waals surface area contributed by atoms with Gasteiger partial charge < -0.3 is 15.5 Å². The van der Waals surface area contributed by atoms with Gasteiger partial charge in [-0.1, -0.05) is 23.7 Å². The van der Waals surface area contributed by atoms with Crippen LogP contribution in [0.15, 0.2) is 36.4 Å². The van der Waals surface area contributed by atoms with Crippen LogP contribution < -0.4 is 10.6 Å². The van der Waals surface area contributed by atoms with Crippen LogP contribution in [0.5, 0.6) is 0 Å². The first kappa shape index (κ1) is 21.8. The fourth-order valence-corrected chi connectivity index (χ4v) is 3.25. The molecule has 6 nitrogen and oxygen atoms in total. The Labute approximate surface area is 174 Å². The topological polar surface area (TPSA) is 74.3 Å². The lowest BCUT2D eigenvalue weighted by Crippen LogP contribution is -2.58. The molecule has 2 heterocycles. The van der Waals surface area contributed by atoms with Crippen LogP contribution in [0, 0.1) is 5.82 Å². The summed E-state index contributed by atoms with van der Waals surface area (Å²) < 4.78 is 53.0. The Hall–Kier alpha value is -2.88. The number of benzene rings is 1. The van der Waals surface area contributed by atoms with Gasteiger partial charge in [-0.2, -0.15) is 13.2 Å². The van der Waals surface area contributed by atoms with Gasteiger partial charge in [0.25, 0.3) is 0 Å². The maximum Gasteiger partial charge on any atom is 0.433 e. The number of hydrogen-bond donors (Lipinski definition) is 2. The molecule has 2 N–H and O–H groups in total. The van der Waals surface area contributed by atoms with Gasteiger partial charge in [0.2, 0.25) is 5.91 Å². The molecule has 3 amide bonds. The Balaban J connectivity index is 1.99. The SMILES string of the molecule is C[C@@H]1C(=O)NCCN1C(=O)NC(c1ccc(F)c(Cl)c1)c1cccc(C(F)(F)F)n1. The first-order valence-electron chi connectivity index (χ1n) is 8.92. The lowest BCUT2D eigenvalue weighted by Gasteiger charge is -2.34. The van der Waals surface area contributed by atoms with E-state index in [-0.39, 0.29) is 35.3 Å². The summed E-state index contributed by atoms with van der Waals surface area (Å²) in [7, 11) is 0. The smallest absolute Gasteiger partial charge is 0.353 e. The van der Waals surface area contributed by atoms with E-state index in [0.717, 1.165) is 18.2 Å². The Kier molecular flexibility index (Phi) is 6.16. The quantitative estimate of drug-likeness (QED) is 0.711. The van der Waals surface area contributed by atoms with Gasteiger partial charge in [-0.3, -0.25) is 4.79 Å². The van der Waals surface area contributed by atoms with Crippen LogP contribution in [-0.4, -0.2) is 41.0 Å². The van der Waals surface area contributed by atoms with Crippen molar-refractivity contribution in [1.82, 2.24) is 20.5 Å². The van der Waals surface area contributed by atoms with Crippen LogP contribution in [0.25, 0.3) is 0 Å². The van der Waals surface area contributed by atoms with Gasteiger partial charge in [0.1, 0.15) is 17.6 Å². The third-order valence-electron chi connectivity index (χ3n) is 4.66. The van der Waals surface area contributed by atoms with Gasteiger partial charge in [0, 0.05) is 13.1 Å². The highest BCUT2D eigenvalue weighted by Gasteiger charge is 2.34. The van der Waals surface area contributed by atoms with Crippen LogP contribution in [0.3, 0.4) is 0 Å². The monoisotopic (exact) mass is 444 g/mol. The molecule has 1 aromatic carbocycles. The zero-order valence-electron chi connectivity index (χ0n) is 15.6. The molecule has 0 saturated carbocycles. The Morgan fingerprint density at radius 2 is 2.07 bits per heavy atom. The molecule has 0 radical (unpaired) electrons. The summed E-state index contributed by atoms with van der Waals surface area (Å²) in [6.45, 7) is 1.98. The van der Waals surface area contributed by atoms with E-state index >= 15 is 0 Å². The number of halogens is 5. The average Bonchev–Trinajstić information content (AvgIpc) is 2.69. The lowest BCUT2D eigenvalue weighted by molar-refractivity contribution is -0.141. The Morgan fingerprint density at radius 3 is 2.73 bits per heavy atom. The summed E-state index contributed by atoms with van der Waals surface area (Å²) in [6.07, 6.45) is -4.69. The highest BCUT2D eigenvalue weighted by Crippen LogP contribution is 2.30. The van der Waals surface area contributed by atoms with Crippen molar-refractivity contribution in [1.29, 1.82) is 0 Å². The molecule has 1 aliphatic rings. The molecule has 2 aromatic rings. The fourth-order valence-electron chi connectivity index (χ4n) is 3.06. The third kappa shape index (κ3) is 4.64. The summed E-state index contributed by atoms with van der Waals surface area (Å²) in [5, 5.41) is 4.95. The highest BCUT2D eigenvalue weighted by molar-refractivity contribution is 6.30. The number of amides is 3. The molecule has 2 atom stereocenters. The molecule has 1 aliphatic heterocycles. The van der Waals surface area contributed by atoms with Crippen molar-refractivity contribution in [2.45, 2.75) is 25.2 Å². The highest BCUT2D eigenvalue weighted by atomic mass is 35.5. The number of nitrogens with zero attached hydrogens (tertiary/aromatic N) is 2. The second-order valence-corrected chi connectivity index (χ2v) is 7.07. The number of aromatic nitrogens is 1. The van der Waals surface area contributed by atoms with Crippen molar-refractivity contribution in [3.8, 4) is 0 Å². The van der Waals surface area contributed by atoms with Crippen molar-refractivity contribution in [3.05, 3.63) is 64.2 Å². The molecule has 3 rings (SSSR count). The van der Waals surface area contributed by atoms with Gasteiger partial charge in [0.05, 0.1) is 16.8 Å². The van der Waals surface area contributed by atoms with E-state index in [2.05, 4.69) is 15.6 Å². The van der Waals surface area contributed by atoms with Crippen LogP contribution in [0.2, 0.25) is 5.02 Å². The molecule has 160 valence electrons. The molecule has 1 unspecified atom stereocenters. The number of carbonyl (C=O) groups excluding carboxylic acids is 2. The summed E-state index contributed by atoms with van der Waals surface area (Å²) in [4.78, 5) is 29.6. The van der Waals surface area contributed by atoms with Crippen LogP contribution >= 0.6 is 11.6 Å². The first-order valence-corrected chi connectivity index (χ1v) is 9.29. The Bertz CT molecular complexity index is 970. The second-order valence-electron chi connectivity index (χ2n) is 6.66. The molecule has 0 spiro atoms. The molecule has 30 heavy (non-hydrogen) atoms. The second kappa shape index (κ2) is 8.47. The predicted molar refractivity (Wildman–Crippen MR) is 100 cm³/mol. The lowest BCUT2D eigenvalue weighted by atomic mass is 10.0. The zero-order valence-corrected chi connectivity index (χ0v) is 16.4. The van der Waals surface area contributed by atoms with Crippen molar-refractivity contribution in [2.75, 3.05) is 13.1 Å². The van der Waals surface area contributed by atoms with E-state index < -0.39 is 35.8 Å². The van der Waals surface area contributed by atoms with Crippen molar-refractivity contribution >= 4 is 23.5 Å². The minimum absolute atomic E-state index is 0.116. The number of carbonyl (C=O) groups is 2. The molecule has 0 aliphatic carbocycles. The van der Waals surface area contributed by atoms with Crippen LogP contribution in [-0.2, 0) is 11.0 Å². The summed E-state index contributed by atoms with van der Waals surface area (Å²) >= 11 is 5.83. The number of piperazine rings is 1. The number of hydrogen-bond acceptors (Lipinski definition) is 3. The first-order chi connectivity index (χ1) is 14.1. The number of rotatable bonds is 3. The van der Waals surface area contributed by atoms with Gasteiger partial charge >= 0.3 is 12.2 Å². The van der Waals surface area contributed by atoms with Crippen molar-refractivity contribution < 1.29 is 27.2 Å². The number of pyridine rings is 1. The maximum absolute atomic E-state index is 13.6. The summed E-state index contributed by atoms with van der Waals surface area (Å²) in [5.74, 6) is -1.07. The predicted octanol–water partition coefficient (Wildman–Crippen LogP) is 3.51. The van der Waals surface area contributed by atoms with E-state index in [1.54, 1.807) is 0 Å². The fraction of sp³-hybridized carbons (Fsp3) is 0.316. The van der Waals surface area contributed by atoms with Gasteiger partial charge in [-0.15, -0.1) is 0 Å². The molecular weight excluding hydrogens is 428 g/mol. The van der Waals surface area contributed by atoms with E-state index in [4.69, 9.17) is 11.6 Å². The van der Waals surface area contributed by atoms with Crippen LogP contribution in [0.4, 0.5) is 22.4 Å². The minimum Gasteiger partial charge on any atom is -0.353 e. The summed E-state index contributed by atoms with van der Waals surface area (Å²) in [6, 6.07) is 4.20. The van der Waals surface area contributed by atoms with E-state index in [9.17, 15) is 27.2 Å². The van der Waals surface area contributed by atoms with Crippen molar-refractivity contribution in [3.63, 3.8) is 0 Å².